The minimum absolute atomic E-state index is 0.0672. The normalized spacial score (nSPS) is 23.5. The number of hydrogen-bond acceptors (Lipinski definition) is 5. The van der Waals surface area contributed by atoms with Crippen LogP contribution in [0.2, 0.25) is 0 Å². The Kier molecular flexibility index (Phi) is 8.24. The molecular formula is C17H34N4O3. The highest BCUT2D eigenvalue weighted by molar-refractivity contribution is 5.79. The summed E-state index contributed by atoms with van der Waals surface area (Å²) in [5, 5.41) is 6.72. The Morgan fingerprint density at radius 2 is 2.04 bits per heavy atom. The van der Waals surface area contributed by atoms with Gasteiger partial charge in [0, 0.05) is 45.4 Å². The second-order valence-corrected chi connectivity index (χ2v) is 6.97. The van der Waals surface area contributed by atoms with Crippen molar-refractivity contribution in [3.63, 3.8) is 0 Å². The third kappa shape index (κ3) is 6.55. The maximum Gasteiger partial charge on any atom is 0.191 e. The second kappa shape index (κ2) is 10.2. The van der Waals surface area contributed by atoms with Crippen LogP contribution in [-0.4, -0.2) is 88.8 Å². The molecule has 1 unspecified atom stereocenters. The van der Waals surface area contributed by atoms with Crippen LogP contribution in [-0.2, 0) is 14.2 Å². The van der Waals surface area contributed by atoms with Crippen molar-refractivity contribution in [2.75, 3.05) is 66.3 Å². The van der Waals surface area contributed by atoms with Crippen LogP contribution in [0.5, 0.6) is 0 Å². The van der Waals surface area contributed by atoms with E-state index in [0.29, 0.717) is 13.2 Å². The lowest BCUT2D eigenvalue weighted by Gasteiger charge is -2.41. The molecule has 1 atom stereocenters. The predicted octanol–water partition coefficient (Wildman–Crippen LogP) is 0.458. The Morgan fingerprint density at radius 1 is 1.25 bits per heavy atom. The molecule has 0 amide bonds. The van der Waals surface area contributed by atoms with E-state index in [1.165, 1.54) is 0 Å². The zero-order valence-corrected chi connectivity index (χ0v) is 15.5. The van der Waals surface area contributed by atoms with Crippen molar-refractivity contribution < 1.29 is 14.2 Å². The lowest BCUT2D eigenvalue weighted by Crippen LogP contribution is -2.56. The molecule has 0 saturated carbocycles. The van der Waals surface area contributed by atoms with E-state index in [-0.39, 0.29) is 11.6 Å². The molecule has 2 heterocycles. The molecule has 0 radical (unpaired) electrons. The average molecular weight is 342 g/mol. The van der Waals surface area contributed by atoms with Crippen molar-refractivity contribution in [2.45, 2.75) is 38.3 Å². The largest absolute Gasteiger partial charge is 0.379 e. The van der Waals surface area contributed by atoms with Crippen molar-refractivity contribution in [1.29, 1.82) is 0 Å². The van der Waals surface area contributed by atoms with E-state index < -0.39 is 0 Å². The summed E-state index contributed by atoms with van der Waals surface area (Å²) in [6.45, 7) is 11.9. The smallest absolute Gasteiger partial charge is 0.191 e. The van der Waals surface area contributed by atoms with Gasteiger partial charge in [-0.3, -0.25) is 9.89 Å². The van der Waals surface area contributed by atoms with Gasteiger partial charge in [-0.2, -0.15) is 0 Å². The summed E-state index contributed by atoms with van der Waals surface area (Å²) >= 11 is 0. The third-order valence-corrected chi connectivity index (χ3v) is 4.65. The number of nitrogens with one attached hydrogen (secondary N) is 2. The molecule has 0 bridgehead atoms. The van der Waals surface area contributed by atoms with Gasteiger partial charge < -0.3 is 24.8 Å². The molecular weight excluding hydrogens is 308 g/mol. The van der Waals surface area contributed by atoms with E-state index in [0.717, 1.165) is 64.8 Å². The summed E-state index contributed by atoms with van der Waals surface area (Å²) < 4.78 is 16.6. The molecule has 0 aromatic heterocycles. The van der Waals surface area contributed by atoms with E-state index in [1.54, 1.807) is 7.05 Å². The molecule has 0 spiro atoms. The average Bonchev–Trinajstić information content (AvgIpc) is 3.11. The molecule has 2 aliphatic rings. The van der Waals surface area contributed by atoms with Gasteiger partial charge in [-0.15, -0.1) is 0 Å². The lowest BCUT2D eigenvalue weighted by molar-refractivity contribution is -0.00836. The highest BCUT2D eigenvalue weighted by Crippen LogP contribution is 2.15. The van der Waals surface area contributed by atoms with Crippen molar-refractivity contribution in [2.24, 2.45) is 4.99 Å². The first-order chi connectivity index (χ1) is 11.6. The minimum atomic E-state index is 0.0672. The van der Waals surface area contributed by atoms with Gasteiger partial charge in [0.25, 0.3) is 0 Å². The number of aliphatic imine (C=N–C) groups is 1. The van der Waals surface area contributed by atoms with E-state index in [9.17, 15) is 0 Å². The van der Waals surface area contributed by atoms with Crippen LogP contribution in [0.15, 0.2) is 4.99 Å². The number of hydrogen-bond donors (Lipinski definition) is 2. The Hall–Kier alpha value is -0.890. The number of morpholine rings is 1. The molecule has 0 aliphatic carbocycles. The van der Waals surface area contributed by atoms with Crippen LogP contribution < -0.4 is 10.6 Å². The van der Waals surface area contributed by atoms with Crippen LogP contribution >= 0.6 is 0 Å². The molecule has 7 nitrogen and oxygen atoms in total. The molecule has 2 fully saturated rings. The standard InChI is InChI=1S/C17H34N4O3/c1-17(2,21-7-11-22-12-8-21)14-20-16(18-3)19-6-10-23-13-15-5-4-9-24-15/h15H,4-14H2,1-3H3,(H2,18,19,20). The van der Waals surface area contributed by atoms with Gasteiger partial charge in [-0.1, -0.05) is 0 Å². The Morgan fingerprint density at radius 3 is 2.71 bits per heavy atom. The molecule has 0 aromatic carbocycles. The topological polar surface area (TPSA) is 67.4 Å². The fourth-order valence-electron chi connectivity index (χ4n) is 3.03. The SMILES string of the molecule is CN=C(NCCOCC1CCCO1)NCC(C)(C)N1CCOCC1. The quantitative estimate of drug-likeness (QED) is 0.379. The van der Waals surface area contributed by atoms with Crippen LogP contribution in [0.25, 0.3) is 0 Å². The monoisotopic (exact) mass is 342 g/mol. The summed E-state index contributed by atoms with van der Waals surface area (Å²) in [4.78, 5) is 6.74. The van der Waals surface area contributed by atoms with Gasteiger partial charge in [0.2, 0.25) is 0 Å². The Balaban J connectivity index is 1.59. The van der Waals surface area contributed by atoms with Gasteiger partial charge in [-0.05, 0) is 26.7 Å². The molecule has 2 aliphatic heterocycles. The first kappa shape index (κ1) is 19.4. The summed E-state index contributed by atoms with van der Waals surface area (Å²) in [7, 11) is 1.80. The number of ether oxygens (including phenoxy) is 3. The Bertz CT molecular complexity index is 378. The highest BCUT2D eigenvalue weighted by Gasteiger charge is 2.28. The molecule has 24 heavy (non-hydrogen) atoms. The maximum absolute atomic E-state index is 5.66. The van der Waals surface area contributed by atoms with Gasteiger partial charge >= 0.3 is 0 Å². The van der Waals surface area contributed by atoms with Crippen LogP contribution in [0, 0.1) is 0 Å². The van der Waals surface area contributed by atoms with E-state index in [2.05, 4.69) is 34.4 Å². The number of guanidine groups is 1. The van der Waals surface area contributed by atoms with E-state index >= 15 is 0 Å². The summed E-state index contributed by atoms with van der Waals surface area (Å²) in [6, 6.07) is 0. The molecule has 140 valence electrons. The van der Waals surface area contributed by atoms with Crippen LogP contribution in [0.1, 0.15) is 26.7 Å². The van der Waals surface area contributed by atoms with Crippen molar-refractivity contribution in [3.8, 4) is 0 Å². The summed E-state index contributed by atoms with van der Waals surface area (Å²) in [6.07, 6.45) is 2.56. The van der Waals surface area contributed by atoms with E-state index in [4.69, 9.17) is 14.2 Å². The zero-order valence-electron chi connectivity index (χ0n) is 15.5. The molecule has 7 heteroatoms. The van der Waals surface area contributed by atoms with Gasteiger partial charge in [0.1, 0.15) is 0 Å². The van der Waals surface area contributed by atoms with Crippen molar-refractivity contribution >= 4 is 5.96 Å². The van der Waals surface area contributed by atoms with Gasteiger partial charge in [-0.25, -0.2) is 0 Å². The zero-order chi connectivity index (χ0) is 17.3. The number of rotatable bonds is 8. The molecule has 2 saturated heterocycles. The fourth-order valence-corrected chi connectivity index (χ4v) is 3.03. The highest BCUT2D eigenvalue weighted by atomic mass is 16.5. The molecule has 0 aromatic rings. The first-order valence-corrected chi connectivity index (χ1v) is 9.08. The third-order valence-electron chi connectivity index (χ3n) is 4.65. The minimum Gasteiger partial charge on any atom is -0.379 e. The predicted molar refractivity (Wildman–Crippen MR) is 95.6 cm³/mol. The summed E-state index contributed by atoms with van der Waals surface area (Å²) in [5.74, 6) is 0.817. The van der Waals surface area contributed by atoms with Gasteiger partial charge in [0.05, 0.1) is 32.5 Å². The molecule has 2 rings (SSSR count). The van der Waals surface area contributed by atoms with Crippen LogP contribution in [0.4, 0.5) is 0 Å². The van der Waals surface area contributed by atoms with Crippen molar-refractivity contribution in [1.82, 2.24) is 15.5 Å². The van der Waals surface area contributed by atoms with Crippen LogP contribution in [0.3, 0.4) is 0 Å². The molecule has 2 N–H and O–H groups in total. The lowest BCUT2D eigenvalue weighted by atomic mass is 10.0. The van der Waals surface area contributed by atoms with Gasteiger partial charge in [0.15, 0.2) is 5.96 Å². The van der Waals surface area contributed by atoms with Crippen molar-refractivity contribution in [3.05, 3.63) is 0 Å². The maximum atomic E-state index is 5.66. The Labute approximate surface area is 146 Å². The number of nitrogens with zero attached hydrogens (tertiary/aromatic N) is 2. The van der Waals surface area contributed by atoms with E-state index in [1.807, 2.05) is 0 Å². The summed E-state index contributed by atoms with van der Waals surface area (Å²) in [5.41, 5.74) is 0.0672. The fraction of sp³-hybridized carbons (Fsp3) is 0.941. The first-order valence-electron chi connectivity index (χ1n) is 9.08. The second-order valence-electron chi connectivity index (χ2n) is 6.97.